The van der Waals surface area contributed by atoms with E-state index in [1.54, 1.807) is 0 Å². The molecule has 0 fully saturated rings. The van der Waals surface area contributed by atoms with E-state index in [4.69, 9.17) is 9.84 Å². The van der Waals surface area contributed by atoms with Crippen molar-refractivity contribution in [1.82, 2.24) is 5.32 Å². The fourth-order valence-electron chi connectivity index (χ4n) is 2.46. The highest BCUT2D eigenvalue weighted by molar-refractivity contribution is 5.39. The zero-order valence-corrected chi connectivity index (χ0v) is 12.7. The predicted molar refractivity (Wildman–Crippen MR) is 85.8 cm³/mol. The van der Waals surface area contributed by atoms with Gasteiger partial charge < -0.3 is 15.2 Å². The van der Waals surface area contributed by atoms with E-state index < -0.39 is 0 Å². The minimum atomic E-state index is 0.123. The molecular weight excluding hydrogens is 262 g/mol. The molecule has 112 valence electrons. The Morgan fingerprint density at radius 3 is 2.67 bits per heavy atom. The van der Waals surface area contributed by atoms with Gasteiger partial charge in [0, 0.05) is 12.6 Å². The number of para-hydroxylation sites is 1. The Kier molecular flexibility index (Phi) is 5.78. The monoisotopic (exact) mass is 285 g/mol. The molecule has 2 rings (SSSR count). The van der Waals surface area contributed by atoms with E-state index in [0.29, 0.717) is 12.5 Å². The van der Waals surface area contributed by atoms with Gasteiger partial charge in [-0.05, 0) is 49.2 Å². The van der Waals surface area contributed by atoms with Crippen molar-refractivity contribution >= 4 is 0 Å². The lowest BCUT2D eigenvalue weighted by Gasteiger charge is -2.16. The van der Waals surface area contributed by atoms with Crippen LogP contribution in [0.25, 0.3) is 0 Å². The van der Waals surface area contributed by atoms with Crippen LogP contribution in [0.4, 0.5) is 0 Å². The minimum absolute atomic E-state index is 0.123. The van der Waals surface area contributed by atoms with Crippen LogP contribution in [0.15, 0.2) is 48.5 Å². The third-order valence-electron chi connectivity index (χ3n) is 3.60. The molecule has 0 heterocycles. The number of rotatable bonds is 7. The van der Waals surface area contributed by atoms with Crippen molar-refractivity contribution in [2.75, 3.05) is 13.7 Å². The van der Waals surface area contributed by atoms with Crippen molar-refractivity contribution in [2.45, 2.75) is 25.8 Å². The molecule has 2 aromatic carbocycles. The van der Waals surface area contributed by atoms with Gasteiger partial charge in [-0.15, -0.1) is 0 Å². The van der Waals surface area contributed by atoms with Crippen LogP contribution in [0.5, 0.6) is 11.5 Å². The quantitative estimate of drug-likeness (QED) is 0.815. The Hall–Kier alpha value is -1.84. The van der Waals surface area contributed by atoms with Crippen molar-refractivity contribution < 1.29 is 9.84 Å². The van der Waals surface area contributed by atoms with Crippen molar-refractivity contribution in [3.05, 3.63) is 59.7 Å². The van der Waals surface area contributed by atoms with Crippen LogP contribution >= 0.6 is 0 Å². The average molecular weight is 285 g/mol. The molecule has 1 atom stereocenters. The summed E-state index contributed by atoms with van der Waals surface area (Å²) >= 11 is 0. The largest absolute Gasteiger partial charge is 0.457 e. The molecule has 0 saturated carbocycles. The van der Waals surface area contributed by atoms with Crippen LogP contribution in [0.3, 0.4) is 0 Å². The van der Waals surface area contributed by atoms with Gasteiger partial charge >= 0.3 is 0 Å². The zero-order valence-electron chi connectivity index (χ0n) is 12.7. The topological polar surface area (TPSA) is 41.5 Å². The summed E-state index contributed by atoms with van der Waals surface area (Å²) in [5, 5.41) is 12.4. The summed E-state index contributed by atoms with van der Waals surface area (Å²) in [4.78, 5) is 0. The molecule has 0 bridgehead atoms. The molecule has 0 saturated heterocycles. The molecule has 3 nitrogen and oxygen atoms in total. The standard InChI is InChI=1S/C18H23NO2/c1-3-17(19-2)15-8-6-9-16(13-15)21-18-10-5-4-7-14(18)11-12-20/h4-10,13,17,19-20H,3,11-12H2,1-2H3. The molecule has 0 spiro atoms. The Labute approximate surface area is 126 Å². The number of hydrogen-bond donors (Lipinski definition) is 2. The highest BCUT2D eigenvalue weighted by atomic mass is 16.5. The average Bonchev–Trinajstić information content (AvgIpc) is 2.51. The Morgan fingerprint density at radius 2 is 1.95 bits per heavy atom. The summed E-state index contributed by atoms with van der Waals surface area (Å²) < 4.78 is 6.00. The third kappa shape index (κ3) is 4.06. The zero-order chi connectivity index (χ0) is 15.1. The molecule has 0 aliphatic carbocycles. The summed E-state index contributed by atoms with van der Waals surface area (Å²) in [6, 6.07) is 16.3. The van der Waals surface area contributed by atoms with E-state index in [1.165, 1.54) is 5.56 Å². The number of nitrogens with one attached hydrogen (secondary N) is 1. The van der Waals surface area contributed by atoms with E-state index in [1.807, 2.05) is 43.4 Å². The summed E-state index contributed by atoms with van der Waals surface area (Å²) in [6.45, 7) is 2.28. The highest BCUT2D eigenvalue weighted by Gasteiger charge is 2.09. The summed E-state index contributed by atoms with van der Waals surface area (Å²) in [5.41, 5.74) is 2.24. The van der Waals surface area contributed by atoms with E-state index in [2.05, 4.69) is 24.4 Å². The molecule has 2 N–H and O–H groups in total. The third-order valence-corrected chi connectivity index (χ3v) is 3.60. The van der Waals surface area contributed by atoms with Gasteiger partial charge in [-0.25, -0.2) is 0 Å². The molecule has 0 aliphatic rings. The molecule has 0 aliphatic heterocycles. The summed E-state index contributed by atoms with van der Waals surface area (Å²) in [5.74, 6) is 1.63. The maximum absolute atomic E-state index is 9.13. The van der Waals surface area contributed by atoms with E-state index in [9.17, 15) is 0 Å². The van der Waals surface area contributed by atoms with E-state index in [-0.39, 0.29) is 6.61 Å². The summed E-state index contributed by atoms with van der Waals surface area (Å²) in [7, 11) is 1.97. The first-order chi connectivity index (χ1) is 10.3. The second-order valence-electron chi connectivity index (χ2n) is 5.01. The van der Waals surface area contributed by atoms with Crippen LogP contribution in [0.2, 0.25) is 0 Å². The van der Waals surface area contributed by atoms with Crippen molar-refractivity contribution in [3.63, 3.8) is 0 Å². The van der Waals surface area contributed by atoms with Gasteiger partial charge in [0.1, 0.15) is 11.5 Å². The molecular formula is C18H23NO2. The molecule has 3 heteroatoms. The molecule has 21 heavy (non-hydrogen) atoms. The summed E-state index contributed by atoms with van der Waals surface area (Å²) in [6.07, 6.45) is 1.63. The molecule has 0 aromatic heterocycles. The van der Waals surface area contributed by atoms with Crippen LogP contribution < -0.4 is 10.1 Å². The maximum atomic E-state index is 9.13. The van der Waals surface area contributed by atoms with E-state index >= 15 is 0 Å². The Morgan fingerprint density at radius 1 is 1.14 bits per heavy atom. The number of benzene rings is 2. The molecule has 2 aromatic rings. The lowest BCUT2D eigenvalue weighted by molar-refractivity contribution is 0.298. The number of ether oxygens (including phenoxy) is 1. The Bertz CT molecular complexity index is 565. The van der Waals surface area contributed by atoms with Crippen LogP contribution in [-0.2, 0) is 6.42 Å². The highest BCUT2D eigenvalue weighted by Crippen LogP contribution is 2.28. The number of hydrogen-bond acceptors (Lipinski definition) is 3. The lowest BCUT2D eigenvalue weighted by Crippen LogP contribution is -2.15. The first-order valence-corrected chi connectivity index (χ1v) is 7.42. The fraction of sp³-hybridized carbons (Fsp3) is 0.333. The maximum Gasteiger partial charge on any atom is 0.130 e. The van der Waals surface area contributed by atoms with Gasteiger partial charge in [0.25, 0.3) is 0 Å². The molecule has 1 unspecified atom stereocenters. The Balaban J connectivity index is 2.22. The molecule has 0 radical (unpaired) electrons. The van der Waals surface area contributed by atoms with Crippen LogP contribution in [0.1, 0.15) is 30.5 Å². The van der Waals surface area contributed by atoms with Gasteiger partial charge in [-0.1, -0.05) is 37.3 Å². The predicted octanol–water partition coefficient (Wildman–Crippen LogP) is 3.68. The van der Waals surface area contributed by atoms with Crippen LogP contribution in [-0.4, -0.2) is 18.8 Å². The fourth-order valence-corrected chi connectivity index (χ4v) is 2.46. The van der Waals surface area contributed by atoms with Gasteiger partial charge in [-0.2, -0.15) is 0 Å². The van der Waals surface area contributed by atoms with Crippen molar-refractivity contribution in [2.24, 2.45) is 0 Å². The van der Waals surface area contributed by atoms with Gasteiger partial charge in [0.2, 0.25) is 0 Å². The molecule has 0 amide bonds. The van der Waals surface area contributed by atoms with Gasteiger partial charge in [0.15, 0.2) is 0 Å². The normalized spacial score (nSPS) is 12.1. The van der Waals surface area contributed by atoms with Gasteiger partial charge in [0.05, 0.1) is 0 Å². The first-order valence-electron chi connectivity index (χ1n) is 7.42. The second-order valence-corrected chi connectivity index (χ2v) is 5.01. The SMILES string of the molecule is CCC(NC)c1cccc(Oc2ccccc2CCO)c1. The van der Waals surface area contributed by atoms with E-state index in [0.717, 1.165) is 23.5 Å². The van der Waals surface area contributed by atoms with Crippen molar-refractivity contribution in [3.8, 4) is 11.5 Å². The smallest absolute Gasteiger partial charge is 0.130 e. The van der Waals surface area contributed by atoms with Crippen LogP contribution in [0, 0.1) is 0 Å². The lowest BCUT2D eigenvalue weighted by atomic mass is 10.0. The van der Waals surface area contributed by atoms with Gasteiger partial charge in [-0.3, -0.25) is 0 Å². The number of aliphatic hydroxyl groups excluding tert-OH is 1. The van der Waals surface area contributed by atoms with Crippen molar-refractivity contribution in [1.29, 1.82) is 0 Å². The first kappa shape index (κ1) is 15.5. The second kappa shape index (κ2) is 7.81. The minimum Gasteiger partial charge on any atom is -0.457 e. The number of aliphatic hydroxyl groups is 1.